The van der Waals surface area contributed by atoms with E-state index in [2.05, 4.69) is 37.6 Å². The summed E-state index contributed by atoms with van der Waals surface area (Å²) in [6.07, 6.45) is 5.69. The number of hydrogen-bond acceptors (Lipinski definition) is 6. The lowest BCUT2D eigenvalue weighted by Gasteiger charge is -2.40. The third-order valence-electron chi connectivity index (χ3n) is 6.67. The van der Waals surface area contributed by atoms with Gasteiger partial charge in [-0.2, -0.15) is 0 Å². The average molecular weight is 479 g/mol. The number of aromatic nitrogens is 1. The first-order valence-electron chi connectivity index (χ1n) is 12.4. The number of carbonyl (C=O) groups excluding carboxylic acids is 3. The highest BCUT2D eigenvalue weighted by Crippen LogP contribution is 2.23. The van der Waals surface area contributed by atoms with Gasteiger partial charge in [-0.3, -0.25) is 24.3 Å². The first-order chi connectivity index (χ1) is 17.1. The fourth-order valence-corrected chi connectivity index (χ4v) is 4.72. The number of anilines is 1. The maximum atomic E-state index is 12.5. The number of pyridine rings is 1. The van der Waals surface area contributed by atoms with E-state index < -0.39 is 11.8 Å². The first kappa shape index (κ1) is 24.7. The molecule has 1 atom stereocenters. The van der Waals surface area contributed by atoms with Gasteiger partial charge in [0.2, 0.25) is 5.91 Å². The molecule has 2 aliphatic rings. The summed E-state index contributed by atoms with van der Waals surface area (Å²) in [6, 6.07) is 14.2. The Labute approximate surface area is 206 Å². The quantitative estimate of drug-likeness (QED) is 0.415. The van der Waals surface area contributed by atoms with Gasteiger partial charge in [-0.15, -0.1) is 0 Å². The number of rotatable bonds is 9. The number of benzene rings is 1. The second kappa shape index (κ2) is 12.3. The normalized spacial score (nSPS) is 17.3. The van der Waals surface area contributed by atoms with Crippen LogP contribution in [0.15, 0.2) is 54.9 Å². The summed E-state index contributed by atoms with van der Waals surface area (Å²) in [5.74, 6) is -1.12. The van der Waals surface area contributed by atoms with E-state index in [0.29, 0.717) is 32.5 Å². The molecular formula is C26H34N6O3. The van der Waals surface area contributed by atoms with Crippen LogP contribution in [0.3, 0.4) is 0 Å². The number of carbonyl (C=O) groups is 3. The molecule has 1 aromatic carbocycles. The van der Waals surface area contributed by atoms with Gasteiger partial charge in [-0.05, 0) is 36.6 Å². The Morgan fingerprint density at radius 2 is 1.71 bits per heavy atom. The maximum Gasteiger partial charge on any atom is 0.309 e. The Balaban J connectivity index is 1.26. The van der Waals surface area contributed by atoms with E-state index in [0.717, 1.165) is 44.7 Å². The van der Waals surface area contributed by atoms with Crippen LogP contribution in [0.1, 0.15) is 30.9 Å². The number of nitrogens with one attached hydrogen (secondary N) is 2. The second-order valence-electron chi connectivity index (χ2n) is 8.96. The Morgan fingerprint density at radius 3 is 2.40 bits per heavy atom. The first-order valence-corrected chi connectivity index (χ1v) is 12.4. The number of likely N-dealkylation sites (tertiary alicyclic amines) is 1. The Hall–Kier alpha value is -3.46. The summed E-state index contributed by atoms with van der Waals surface area (Å²) >= 11 is 0. The van der Waals surface area contributed by atoms with Gasteiger partial charge < -0.3 is 20.4 Å². The van der Waals surface area contributed by atoms with Crippen molar-refractivity contribution in [3.05, 3.63) is 60.4 Å². The number of amides is 3. The predicted molar refractivity (Wildman–Crippen MR) is 134 cm³/mol. The van der Waals surface area contributed by atoms with E-state index >= 15 is 0 Å². The number of nitrogens with zero attached hydrogens (tertiary/aromatic N) is 4. The molecule has 2 fully saturated rings. The molecule has 4 rings (SSSR count). The lowest BCUT2D eigenvalue weighted by Crippen LogP contribution is -2.51. The van der Waals surface area contributed by atoms with Crippen LogP contribution in [0.25, 0.3) is 0 Å². The monoisotopic (exact) mass is 478 g/mol. The third kappa shape index (κ3) is 6.79. The molecule has 3 amide bonds. The summed E-state index contributed by atoms with van der Waals surface area (Å²) in [4.78, 5) is 47.2. The van der Waals surface area contributed by atoms with Gasteiger partial charge in [-0.1, -0.05) is 24.3 Å². The fourth-order valence-electron chi connectivity index (χ4n) is 4.72. The van der Waals surface area contributed by atoms with Crippen molar-refractivity contribution < 1.29 is 14.4 Å². The summed E-state index contributed by atoms with van der Waals surface area (Å²) < 4.78 is 0. The molecule has 0 saturated carbocycles. The van der Waals surface area contributed by atoms with Crippen LogP contribution in [0, 0.1) is 0 Å². The summed E-state index contributed by atoms with van der Waals surface area (Å²) in [5, 5.41) is 5.48. The van der Waals surface area contributed by atoms with Crippen LogP contribution in [0.5, 0.6) is 0 Å². The van der Waals surface area contributed by atoms with Crippen molar-refractivity contribution in [2.24, 2.45) is 0 Å². The zero-order valence-corrected chi connectivity index (χ0v) is 20.1. The molecule has 2 N–H and O–H groups in total. The molecule has 2 aromatic rings. The van der Waals surface area contributed by atoms with Crippen LogP contribution in [-0.4, -0.2) is 84.9 Å². The standard InChI is InChI=1S/C26H34N6O3/c33-24-10-5-13-32(24)14-6-12-28-25(34)26(35)29-20-23(21-7-4-11-27-19-21)31-17-15-30(16-18-31)22-8-2-1-3-9-22/h1-4,7-9,11,19,23H,5-6,10,12-18,20H2,(H,28,34)(H,29,35)/t23-/m0/s1. The van der Waals surface area contributed by atoms with Gasteiger partial charge in [0.25, 0.3) is 0 Å². The van der Waals surface area contributed by atoms with Crippen LogP contribution in [-0.2, 0) is 14.4 Å². The van der Waals surface area contributed by atoms with E-state index in [1.807, 2.05) is 41.4 Å². The van der Waals surface area contributed by atoms with Crippen LogP contribution >= 0.6 is 0 Å². The number of piperazine rings is 1. The van der Waals surface area contributed by atoms with Gasteiger partial charge in [0.15, 0.2) is 0 Å². The second-order valence-corrected chi connectivity index (χ2v) is 8.96. The van der Waals surface area contributed by atoms with Crippen molar-refractivity contribution >= 4 is 23.4 Å². The molecular weight excluding hydrogens is 444 g/mol. The minimum atomic E-state index is -0.642. The number of hydrogen-bond donors (Lipinski definition) is 2. The highest BCUT2D eigenvalue weighted by atomic mass is 16.2. The zero-order valence-electron chi connectivity index (χ0n) is 20.1. The van der Waals surface area contributed by atoms with E-state index in [4.69, 9.17) is 0 Å². The summed E-state index contributed by atoms with van der Waals surface area (Å²) in [6.45, 7) is 5.53. The van der Waals surface area contributed by atoms with Gasteiger partial charge in [0, 0.05) is 76.9 Å². The molecule has 0 bridgehead atoms. The fraction of sp³-hybridized carbons (Fsp3) is 0.462. The van der Waals surface area contributed by atoms with Gasteiger partial charge in [0.05, 0.1) is 6.04 Å². The molecule has 0 spiro atoms. The Morgan fingerprint density at radius 1 is 0.943 bits per heavy atom. The Bertz CT molecular complexity index is 979. The van der Waals surface area contributed by atoms with E-state index in [9.17, 15) is 14.4 Å². The van der Waals surface area contributed by atoms with Crippen LogP contribution < -0.4 is 15.5 Å². The molecule has 0 radical (unpaired) electrons. The highest BCUT2D eigenvalue weighted by molar-refractivity contribution is 6.35. The van der Waals surface area contributed by atoms with Crippen molar-refractivity contribution in [1.82, 2.24) is 25.4 Å². The number of para-hydroxylation sites is 1. The zero-order chi connectivity index (χ0) is 24.5. The predicted octanol–water partition coefficient (Wildman–Crippen LogP) is 1.19. The van der Waals surface area contributed by atoms with E-state index in [1.54, 1.807) is 6.20 Å². The lowest BCUT2D eigenvalue weighted by molar-refractivity contribution is -0.139. The molecule has 1 aromatic heterocycles. The maximum absolute atomic E-state index is 12.5. The van der Waals surface area contributed by atoms with Crippen LogP contribution in [0.4, 0.5) is 5.69 Å². The van der Waals surface area contributed by atoms with Gasteiger partial charge >= 0.3 is 11.8 Å². The SMILES string of the molecule is O=C(NCCCN1CCCC1=O)C(=O)NC[C@@H](c1cccnc1)N1CCN(c2ccccc2)CC1. The minimum Gasteiger partial charge on any atom is -0.369 e. The summed E-state index contributed by atoms with van der Waals surface area (Å²) in [5.41, 5.74) is 2.22. The summed E-state index contributed by atoms with van der Waals surface area (Å²) in [7, 11) is 0. The highest BCUT2D eigenvalue weighted by Gasteiger charge is 2.27. The van der Waals surface area contributed by atoms with Crippen molar-refractivity contribution in [2.75, 3.05) is 57.3 Å². The minimum absolute atomic E-state index is 0.0699. The molecule has 0 aliphatic carbocycles. The van der Waals surface area contributed by atoms with Crippen molar-refractivity contribution in [1.29, 1.82) is 0 Å². The molecule has 9 nitrogen and oxygen atoms in total. The van der Waals surface area contributed by atoms with Gasteiger partial charge in [-0.25, -0.2) is 0 Å². The van der Waals surface area contributed by atoms with Crippen LogP contribution in [0.2, 0.25) is 0 Å². The van der Waals surface area contributed by atoms with E-state index in [1.165, 1.54) is 5.69 Å². The smallest absolute Gasteiger partial charge is 0.309 e. The molecule has 186 valence electrons. The van der Waals surface area contributed by atoms with Crippen molar-refractivity contribution in [3.8, 4) is 0 Å². The molecule has 35 heavy (non-hydrogen) atoms. The molecule has 2 saturated heterocycles. The molecule has 0 unspecified atom stereocenters. The van der Waals surface area contributed by atoms with Gasteiger partial charge in [0.1, 0.15) is 0 Å². The van der Waals surface area contributed by atoms with Crippen molar-refractivity contribution in [3.63, 3.8) is 0 Å². The molecule has 3 heterocycles. The lowest BCUT2D eigenvalue weighted by atomic mass is 10.1. The third-order valence-corrected chi connectivity index (χ3v) is 6.67. The van der Waals surface area contributed by atoms with Crippen molar-refractivity contribution in [2.45, 2.75) is 25.3 Å². The average Bonchev–Trinajstić information content (AvgIpc) is 3.32. The van der Waals surface area contributed by atoms with E-state index in [-0.39, 0.29) is 11.9 Å². The topological polar surface area (TPSA) is 97.9 Å². The Kier molecular flexibility index (Phi) is 8.67. The largest absolute Gasteiger partial charge is 0.369 e. The molecule has 9 heteroatoms. The molecule has 2 aliphatic heterocycles.